The Labute approximate surface area is 230 Å². The number of fused-ring (bicyclic) bond motifs is 1. The lowest BCUT2D eigenvalue weighted by atomic mass is 10.0. The van der Waals surface area contributed by atoms with Gasteiger partial charge in [-0.2, -0.15) is 0 Å². The van der Waals surface area contributed by atoms with E-state index in [-0.39, 0.29) is 30.4 Å². The molecule has 4 rings (SSSR count). The fourth-order valence-electron chi connectivity index (χ4n) is 4.05. The third kappa shape index (κ3) is 7.54. The highest BCUT2D eigenvalue weighted by atomic mass is 32.1. The number of esters is 2. The van der Waals surface area contributed by atoms with Crippen molar-refractivity contribution in [2.45, 2.75) is 31.7 Å². The number of carbonyl (C=O) groups excluding carboxylic acids is 2. The smallest absolute Gasteiger partial charge is 0.355 e. The number of alkyl halides is 1. The lowest BCUT2D eigenvalue weighted by molar-refractivity contribution is -0.147. The molecule has 3 atom stereocenters. The molecular formula is C28H31FNO7PS. The zero-order valence-corrected chi connectivity index (χ0v) is 23.3. The summed E-state index contributed by atoms with van der Waals surface area (Å²) in [5.41, 5.74) is 0.0702. The summed E-state index contributed by atoms with van der Waals surface area (Å²) in [4.78, 5) is 25.3. The van der Waals surface area contributed by atoms with Crippen LogP contribution < -0.4 is 9.61 Å². The summed E-state index contributed by atoms with van der Waals surface area (Å²) in [7, 11) is -4.36. The third-order valence-electron chi connectivity index (χ3n) is 6.16. The predicted octanol–water partition coefficient (Wildman–Crippen LogP) is 6.43. The molecule has 0 aliphatic carbocycles. The topological polar surface area (TPSA) is 100 Å². The van der Waals surface area contributed by atoms with E-state index in [0.717, 1.165) is 17.5 Å². The van der Waals surface area contributed by atoms with Gasteiger partial charge in [0.2, 0.25) is 5.91 Å². The van der Waals surface area contributed by atoms with Crippen molar-refractivity contribution >= 4 is 40.9 Å². The number of nitrogens with one attached hydrogen (secondary N) is 1. The summed E-state index contributed by atoms with van der Waals surface area (Å²) in [5, 5.41) is 3.18. The molecule has 0 radical (unpaired) electrons. The molecule has 3 aromatic rings. The second-order valence-electron chi connectivity index (χ2n) is 9.17. The summed E-state index contributed by atoms with van der Waals surface area (Å²) >= 11 is 1.20. The van der Waals surface area contributed by atoms with Crippen LogP contribution in [0.4, 0.5) is 4.39 Å². The van der Waals surface area contributed by atoms with Gasteiger partial charge in [0.05, 0.1) is 6.61 Å². The maximum atomic E-state index is 16.1. The molecule has 2 aromatic carbocycles. The van der Waals surface area contributed by atoms with Gasteiger partial charge in [-0.1, -0.05) is 36.9 Å². The highest BCUT2D eigenvalue weighted by Gasteiger charge is 2.41. The number of hydrogen-bond acceptors (Lipinski definition) is 8. The van der Waals surface area contributed by atoms with E-state index in [9.17, 15) is 14.2 Å². The maximum absolute atomic E-state index is 16.1. The minimum atomic E-state index is -4.36. The van der Waals surface area contributed by atoms with E-state index in [2.05, 4.69) is 11.7 Å². The van der Waals surface area contributed by atoms with Crippen molar-refractivity contribution in [3.8, 4) is 5.75 Å². The quantitative estimate of drug-likeness (QED) is 0.150. The van der Waals surface area contributed by atoms with Gasteiger partial charge in [0.25, 0.3) is 0 Å². The van der Waals surface area contributed by atoms with Crippen LogP contribution in [0.2, 0.25) is 0 Å². The second kappa shape index (κ2) is 13.3. The van der Waals surface area contributed by atoms with Crippen LogP contribution in [0.15, 0.2) is 67.3 Å². The zero-order chi connectivity index (χ0) is 27.8. The maximum Gasteiger partial charge on any atom is 0.355 e. The van der Waals surface area contributed by atoms with Crippen molar-refractivity contribution in [2.75, 3.05) is 26.4 Å². The van der Waals surface area contributed by atoms with Crippen LogP contribution in [0.3, 0.4) is 0 Å². The Balaban J connectivity index is 1.54. The van der Waals surface area contributed by atoms with Gasteiger partial charge in [0.1, 0.15) is 23.3 Å². The first-order chi connectivity index (χ1) is 18.8. The van der Waals surface area contributed by atoms with Gasteiger partial charge in [-0.3, -0.25) is 9.36 Å². The van der Waals surface area contributed by atoms with Gasteiger partial charge in [0.15, 0.2) is 0 Å². The Hall–Kier alpha value is -3.04. The van der Waals surface area contributed by atoms with Crippen LogP contribution in [0, 0.1) is 5.92 Å². The van der Waals surface area contributed by atoms with Crippen LogP contribution in [-0.4, -0.2) is 44.4 Å². The van der Waals surface area contributed by atoms with Crippen LogP contribution in [0.5, 0.6) is 5.75 Å². The Bertz CT molecular complexity index is 1340. The molecule has 1 aromatic heterocycles. The molecular weight excluding hydrogens is 544 g/mol. The molecule has 0 bridgehead atoms. The van der Waals surface area contributed by atoms with Crippen molar-refractivity contribution < 1.29 is 37.3 Å². The second-order valence-corrected chi connectivity index (χ2v) is 12.3. The molecule has 39 heavy (non-hydrogen) atoms. The van der Waals surface area contributed by atoms with Gasteiger partial charge in [-0.25, -0.2) is 14.3 Å². The number of halogens is 1. The monoisotopic (exact) mass is 575 g/mol. The summed E-state index contributed by atoms with van der Waals surface area (Å²) in [5.74, 6) is -2.91. The molecule has 0 saturated carbocycles. The molecule has 2 heterocycles. The van der Waals surface area contributed by atoms with E-state index >= 15 is 4.39 Å². The van der Waals surface area contributed by atoms with E-state index in [1.165, 1.54) is 36.5 Å². The minimum Gasteiger partial charge on any atom is -0.464 e. The number of hydrogen-bond donors (Lipinski definition) is 1. The molecule has 8 nitrogen and oxygen atoms in total. The number of carbonyl (C=O) groups is 2. The molecule has 1 aliphatic heterocycles. The molecule has 0 spiro atoms. The SMILES string of the molecule is C=CCOC(=O)c1cc2cc([C@H](F)P(=O)(N[C@@H](C)C(=O)OCC3CCOCC3)Oc3ccccc3)ccc2s1. The van der Waals surface area contributed by atoms with Gasteiger partial charge < -0.3 is 18.7 Å². The average Bonchev–Trinajstić information content (AvgIpc) is 3.39. The summed E-state index contributed by atoms with van der Waals surface area (Å²) in [6.07, 6.45) is 3.04. The Morgan fingerprint density at radius 3 is 2.64 bits per heavy atom. The van der Waals surface area contributed by atoms with Crippen LogP contribution in [0.1, 0.15) is 40.9 Å². The molecule has 1 fully saturated rings. The first kappa shape index (κ1) is 29.0. The highest BCUT2D eigenvalue weighted by molar-refractivity contribution is 7.57. The van der Waals surface area contributed by atoms with Crippen molar-refractivity contribution in [1.82, 2.24) is 5.09 Å². The van der Waals surface area contributed by atoms with E-state index < -0.39 is 31.4 Å². The molecule has 1 saturated heterocycles. The molecule has 1 aliphatic rings. The Morgan fingerprint density at radius 1 is 1.18 bits per heavy atom. The number of ether oxygens (including phenoxy) is 3. The van der Waals surface area contributed by atoms with E-state index in [1.54, 1.807) is 42.5 Å². The molecule has 1 N–H and O–H groups in total. The number of thiophene rings is 1. The summed E-state index contributed by atoms with van der Waals surface area (Å²) in [6.45, 7) is 6.50. The average molecular weight is 576 g/mol. The van der Waals surface area contributed by atoms with E-state index in [1.807, 2.05) is 0 Å². The fourth-order valence-corrected chi connectivity index (χ4v) is 6.90. The lowest BCUT2D eigenvalue weighted by Crippen LogP contribution is -2.36. The van der Waals surface area contributed by atoms with E-state index in [4.69, 9.17) is 18.7 Å². The standard InChI is InChI=1S/C28H31FNO7PS/c1-3-13-35-28(32)25-17-22-16-21(9-10-24(22)39-25)26(29)38(33,37-23-7-5-4-6-8-23)30-19(2)27(31)36-18-20-11-14-34-15-12-20/h3-10,16-17,19-20,26H,1,11-15,18H2,2H3,(H,30,33)/t19-,26+,38?/m0/s1. The molecule has 208 valence electrons. The van der Waals surface area contributed by atoms with Crippen LogP contribution >= 0.6 is 18.9 Å². The first-order valence-electron chi connectivity index (χ1n) is 12.6. The number of para-hydroxylation sites is 1. The largest absolute Gasteiger partial charge is 0.464 e. The first-order valence-corrected chi connectivity index (χ1v) is 15.1. The summed E-state index contributed by atoms with van der Waals surface area (Å²) < 4.78 is 52.4. The molecule has 11 heteroatoms. The Kier molecular flexibility index (Phi) is 9.91. The summed E-state index contributed by atoms with van der Waals surface area (Å²) in [6, 6.07) is 13.3. The van der Waals surface area contributed by atoms with Gasteiger partial charge in [-0.05, 0) is 67.0 Å². The minimum absolute atomic E-state index is 0.0702. The highest BCUT2D eigenvalue weighted by Crippen LogP contribution is 2.58. The van der Waals surface area contributed by atoms with Gasteiger partial charge in [0, 0.05) is 17.9 Å². The van der Waals surface area contributed by atoms with Crippen molar-refractivity contribution in [2.24, 2.45) is 5.92 Å². The number of benzene rings is 2. The van der Waals surface area contributed by atoms with Gasteiger partial charge in [-0.15, -0.1) is 11.3 Å². The Morgan fingerprint density at radius 2 is 1.92 bits per heavy atom. The molecule has 0 amide bonds. The van der Waals surface area contributed by atoms with Crippen molar-refractivity contribution in [3.05, 3.63) is 77.7 Å². The van der Waals surface area contributed by atoms with Crippen molar-refractivity contribution in [3.63, 3.8) is 0 Å². The fraction of sp³-hybridized carbons (Fsp3) is 0.357. The van der Waals surface area contributed by atoms with Crippen molar-refractivity contribution in [1.29, 1.82) is 0 Å². The zero-order valence-electron chi connectivity index (χ0n) is 21.5. The van der Waals surface area contributed by atoms with Crippen LogP contribution in [-0.2, 0) is 23.6 Å². The van der Waals surface area contributed by atoms with E-state index in [0.29, 0.717) is 23.5 Å². The predicted molar refractivity (Wildman–Crippen MR) is 148 cm³/mol. The lowest BCUT2D eigenvalue weighted by Gasteiger charge is -2.27. The van der Waals surface area contributed by atoms with Gasteiger partial charge >= 0.3 is 19.5 Å². The normalized spacial score (nSPS) is 17.1. The third-order valence-corrected chi connectivity index (χ3v) is 9.38. The number of rotatable bonds is 12. The van der Waals surface area contributed by atoms with Crippen LogP contribution in [0.25, 0.3) is 10.1 Å². The molecule has 1 unspecified atom stereocenters.